The van der Waals surface area contributed by atoms with Crippen LogP contribution in [0.15, 0.2) is 29.3 Å². The van der Waals surface area contributed by atoms with Gasteiger partial charge in [-0.25, -0.2) is 8.42 Å². The van der Waals surface area contributed by atoms with Gasteiger partial charge in [0, 0.05) is 12.3 Å². The van der Waals surface area contributed by atoms with Crippen LogP contribution >= 0.6 is 11.8 Å². The van der Waals surface area contributed by atoms with Gasteiger partial charge in [0.1, 0.15) is 0 Å². The van der Waals surface area contributed by atoms with Gasteiger partial charge in [0.05, 0.1) is 16.5 Å². The highest BCUT2D eigenvalue weighted by atomic mass is 32.2. The fourth-order valence-electron chi connectivity index (χ4n) is 1.64. The van der Waals surface area contributed by atoms with Gasteiger partial charge >= 0.3 is 0 Å². The maximum atomic E-state index is 11.9. The van der Waals surface area contributed by atoms with Crippen molar-refractivity contribution < 1.29 is 8.42 Å². The first kappa shape index (κ1) is 12.6. The van der Waals surface area contributed by atoms with E-state index in [1.807, 2.05) is 31.2 Å². The van der Waals surface area contributed by atoms with Crippen molar-refractivity contribution >= 4 is 26.6 Å². The van der Waals surface area contributed by atoms with Crippen molar-refractivity contribution in [2.75, 3.05) is 18.1 Å². The fraction of sp³-hybridized carbons (Fsp3) is 0.417. The van der Waals surface area contributed by atoms with E-state index in [4.69, 9.17) is 0 Å². The first-order valence-corrected chi connectivity index (χ1v) is 8.28. The molecule has 0 amide bonds. The van der Waals surface area contributed by atoms with Gasteiger partial charge < -0.3 is 0 Å². The molecule has 1 aromatic rings. The van der Waals surface area contributed by atoms with Crippen molar-refractivity contribution in [1.29, 1.82) is 0 Å². The van der Waals surface area contributed by atoms with Crippen LogP contribution in [0.3, 0.4) is 0 Å². The van der Waals surface area contributed by atoms with Gasteiger partial charge in [-0.05, 0) is 12.5 Å². The zero-order valence-corrected chi connectivity index (χ0v) is 11.4. The van der Waals surface area contributed by atoms with Gasteiger partial charge in [-0.2, -0.15) is 0 Å². The van der Waals surface area contributed by atoms with E-state index in [0.29, 0.717) is 0 Å². The molecule has 0 saturated carbocycles. The van der Waals surface area contributed by atoms with Gasteiger partial charge in [-0.1, -0.05) is 29.8 Å². The fourth-order valence-corrected chi connectivity index (χ4v) is 4.39. The average Bonchev–Trinajstić information content (AvgIpc) is 2.73. The maximum Gasteiger partial charge on any atom is 0.160 e. The number of aryl methyl sites for hydroxylation is 1. The Morgan fingerprint density at radius 3 is 2.53 bits per heavy atom. The highest BCUT2D eigenvalue weighted by Crippen LogP contribution is 2.16. The van der Waals surface area contributed by atoms with E-state index in [0.717, 1.165) is 28.5 Å². The van der Waals surface area contributed by atoms with E-state index < -0.39 is 9.84 Å². The van der Waals surface area contributed by atoms with Crippen LogP contribution in [-0.4, -0.2) is 31.5 Å². The Hall–Kier alpha value is -0.810. The number of sulfone groups is 1. The standard InChI is InChI=1S/C12H15NO2S2/c1-10-2-4-11(5-3-10)8-17(14,15)9-12-13-6-7-16-12/h2-5H,6-9H2,1H3. The molecule has 0 N–H and O–H groups in total. The molecular formula is C12H15NO2S2. The van der Waals surface area contributed by atoms with Gasteiger partial charge in [-0.3, -0.25) is 4.99 Å². The third-order valence-electron chi connectivity index (χ3n) is 2.50. The molecule has 1 heterocycles. The lowest BCUT2D eigenvalue weighted by atomic mass is 10.2. The molecule has 0 bridgehead atoms. The first-order valence-electron chi connectivity index (χ1n) is 5.47. The van der Waals surface area contributed by atoms with Crippen LogP contribution in [0.5, 0.6) is 0 Å². The molecule has 1 aliphatic heterocycles. The van der Waals surface area contributed by atoms with E-state index in [9.17, 15) is 8.42 Å². The summed E-state index contributed by atoms with van der Waals surface area (Å²) in [5.74, 6) is 1.10. The van der Waals surface area contributed by atoms with Gasteiger partial charge in [-0.15, -0.1) is 11.8 Å². The Morgan fingerprint density at radius 1 is 1.24 bits per heavy atom. The largest absolute Gasteiger partial charge is 0.281 e. The molecule has 0 atom stereocenters. The third-order valence-corrected chi connectivity index (χ3v) is 5.16. The summed E-state index contributed by atoms with van der Waals surface area (Å²) in [6.07, 6.45) is 0. The highest BCUT2D eigenvalue weighted by Gasteiger charge is 2.18. The van der Waals surface area contributed by atoms with Crippen LogP contribution in [0, 0.1) is 6.92 Å². The lowest BCUT2D eigenvalue weighted by Gasteiger charge is -2.04. The normalized spacial score (nSPS) is 15.9. The zero-order valence-electron chi connectivity index (χ0n) is 9.72. The van der Waals surface area contributed by atoms with Gasteiger partial charge in [0.15, 0.2) is 9.84 Å². The summed E-state index contributed by atoms with van der Waals surface area (Å²) in [5, 5.41) is 0.761. The molecule has 0 spiro atoms. The van der Waals surface area contributed by atoms with E-state index >= 15 is 0 Å². The molecule has 3 nitrogen and oxygen atoms in total. The Morgan fingerprint density at radius 2 is 1.94 bits per heavy atom. The second-order valence-electron chi connectivity index (χ2n) is 4.14. The van der Waals surface area contributed by atoms with Crippen LogP contribution in [-0.2, 0) is 15.6 Å². The Bertz CT molecular complexity index is 518. The number of rotatable bonds is 4. The summed E-state index contributed by atoms with van der Waals surface area (Å²) < 4.78 is 23.9. The number of hydrogen-bond acceptors (Lipinski definition) is 4. The van der Waals surface area contributed by atoms with Crippen LogP contribution in [0.4, 0.5) is 0 Å². The predicted octanol–water partition coefficient (Wildman–Crippen LogP) is 2.06. The molecule has 1 aliphatic rings. The predicted molar refractivity (Wildman–Crippen MR) is 73.4 cm³/mol. The van der Waals surface area contributed by atoms with Crippen molar-refractivity contribution in [2.24, 2.45) is 4.99 Å². The zero-order chi connectivity index (χ0) is 12.3. The molecule has 0 unspecified atom stereocenters. The van der Waals surface area contributed by atoms with Crippen LogP contribution < -0.4 is 0 Å². The highest BCUT2D eigenvalue weighted by molar-refractivity contribution is 8.15. The minimum atomic E-state index is -3.08. The summed E-state index contributed by atoms with van der Waals surface area (Å²) in [6, 6.07) is 7.62. The summed E-state index contributed by atoms with van der Waals surface area (Å²) in [7, 11) is -3.08. The van der Waals surface area contributed by atoms with Crippen molar-refractivity contribution in [2.45, 2.75) is 12.7 Å². The van der Waals surface area contributed by atoms with Crippen LogP contribution in [0.25, 0.3) is 0 Å². The molecule has 5 heteroatoms. The third kappa shape index (κ3) is 3.85. The maximum absolute atomic E-state index is 11.9. The Kier molecular flexibility index (Phi) is 3.89. The quantitative estimate of drug-likeness (QED) is 0.840. The van der Waals surface area contributed by atoms with Crippen LogP contribution in [0.1, 0.15) is 11.1 Å². The topological polar surface area (TPSA) is 46.5 Å². The number of aliphatic imine (C=N–C) groups is 1. The monoisotopic (exact) mass is 269 g/mol. The van der Waals surface area contributed by atoms with Crippen LogP contribution in [0.2, 0.25) is 0 Å². The van der Waals surface area contributed by atoms with Crippen molar-refractivity contribution in [3.05, 3.63) is 35.4 Å². The second-order valence-corrected chi connectivity index (χ2v) is 7.37. The lowest BCUT2D eigenvalue weighted by molar-refractivity contribution is 0.599. The Balaban J connectivity index is 2.04. The molecule has 17 heavy (non-hydrogen) atoms. The molecule has 0 fully saturated rings. The van der Waals surface area contributed by atoms with E-state index in [2.05, 4.69) is 4.99 Å². The summed E-state index contributed by atoms with van der Waals surface area (Å²) in [5.41, 5.74) is 1.99. The smallest absolute Gasteiger partial charge is 0.160 e. The van der Waals surface area contributed by atoms with E-state index in [-0.39, 0.29) is 11.5 Å². The van der Waals surface area contributed by atoms with E-state index in [1.165, 1.54) is 0 Å². The molecular weight excluding hydrogens is 254 g/mol. The minimum Gasteiger partial charge on any atom is -0.281 e. The summed E-state index contributed by atoms with van der Waals surface area (Å²) >= 11 is 1.55. The minimum absolute atomic E-state index is 0.0888. The van der Waals surface area contributed by atoms with Crippen molar-refractivity contribution in [1.82, 2.24) is 0 Å². The molecule has 0 radical (unpaired) electrons. The average molecular weight is 269 g/mol. The molecule has 0 saturated heterocycles. The molecule has 92 valence electrons. The summed E-state index contributed by atoms with van der Waals surface area (Å²) in [4.78, 5) is 4.18. The number of nitrogens with zero attached hydrogens (tertiary/aromatic N) is 1. The number of benzene rings is 1. The van der Waals surface area contributed by atoms with Crippen molar-refractivity contribution in [3.63, 3.8) is 0 Å². The SMILES string of the molecule is Cc1ccc(CS(=O)(=O)CC2=NCCS2)cc1. The van der Waals surface area contributed by atoms with Gasteiger partial charge in [0.2, 0.25) is 0 Å². The molecule has 2 rings (SSSR count). The number of hydrogen-bond donors (Lipinski definition) is 0. The lowest BCUT2D eigenvalue weighted by Crippen LogP contribution is -2.14. The molecule has 0 aromatic heterocycles. The van der Waals surface area contributed by atoms with Gasteiger partial charge in [0.25, 0.3) is 0 Å². The second kappa shape index (κ2) is 5.23. The summed E-state index contributed by atoms with van der Waals surface area (Å²) in [6.45, 7) is 2.74. The number of thioether (sulfide) groups is 1. The first-order chi connectivity index (χ1) is 8.05. The van der Waals surface area contributed by atoms with Crippen molar-refractivity contribution in [3.8, 4) is 0 Å². The molecule has 1 aromatic carbocycles. The Labute approximate surface area is 106 Å². The van der Waals surface area contributed by atoms with E-state index in [1.54, 1.807) is 11.8 Å². The molecule has 0 aliphatic carbocycles.